The fourth-order valence-electron chi connectivity index (χ4n) is 4.44. The van der Waals surface area contributed by atoms with E-state index in [0.29, 0.717) is 18.6 Å². The van der Waals surface area contributed by atoms with Crippen LogP contribution in [0.5, 0.6) is 5.75 Å². The first-order valence-electron chi connectivity index (χ1n) is 12.6. The third-order valence-electron chi connectivity index (χ3n) is 6.49. The van der Waals surface area contributed by atoms with Crippen LogP contribution in [0.15, 0.2) is 24.3 Å². The molecule has 0 aliphatic carbocycles. The van der Waals surface area contributed by atoms with Crippen molar-refractivity contribution in [3.8, 4) is 5.75 Å². The highest BCUT2D eigenvalue weighted by molar-refractivity contribution is 5.96. The van der Waals surface area contributed by atoms with Crippen molar-refractivity contribution in [3.63, 3.8) is 0 Å². The van der Waals surface area contributed by atoms with E-state index in [1.165, 1.54) is 77.8 Å². The summed E-state index contributed by atoms with van der Waals surface area (Å²) in [6.45, 7) is 12.4. The summed E-state index contributed by atoms with van der Waals surface area (Å²) in [7, 11) is 0. The van der Waals surface area contributed by atoms with Gasteiger partial charge in [0.05, 0.1) is 6.61 Å². The lowest BCUT2D eigenvalue weighted by molar-refractivity contribution is 0.0691. The average molecular weight is 459 g/mol. The van der Waals surface area contributed by atoms with E-state index >= 15 is 0 Å². The lowest BCUT2D eigenvalue weighted by Crippen LogP contribution is -2.43. The molecule has 0 spiro atoms. The number of likely N-dealkylation sites (tertiary alicyclic amines) is 2. The van der Waals surface area contributed by atoms with Gasteiger partial charge in [-0.15, -0.1) is 0 Å². The van der Waals surface area contributed by atoms with Gasteiger partial charge in [0.2, 0.25) is 0 Å². The maximum absolute atomic E-state index is 10.9. The highest BCUT2D eigenvalue weighted by Gasteiger charge is 2.17. The molecule has 3 heterocycles. The third kappa shape index (κ3) is 8.32. The van der Waals surface area contributed by atoms with Crippen molar-refractivity contribution in [3.05, 3.63) is 30.0 Å². The molecule has 0 saturated carbocycles. The Balaban J connectivity index is 0.000000186. The van der Waals surface area contributed by atoms with Gasteiger partial charge in [-0.05, 0) is 76.0 Å². The number of nitrogens with one attached hydrogen (secondary N) is 1. The smallest absolute Gasteiger partial charge is 0.352 e. The number of hydrogen-bond donors (Lipinski definition) is 3. The number of aromatic carboxylic acids is 1. The van der Waals surface area contributed by atoms with Crippen LogP contribution in [0.3, 0.4) is 0 Å². The topological polar surface area (TPSA) is 94.8 Å². The molecule has 2 fully saturated rings. The fraction of sp³-hybridized carbons (Fsp3) is 0.654. The number of benzene rings is 1. The summed E-state index contributed by atoms with van der Waals surface area (Å²) in [5.41, 5.74) is 6.88. The molecule has 0 radical (unpaired) electrons. The molecular weight excluding hydrogens is 416 g/mol. The maximum atomic E-state index is 10.9. The molecule has 2 aliphatic rings. The number of ether oxygens (including phenoxy) is 1. The van der Waals surface area contributed by atoms with Crippen LogP contribution in [0.1, 0.15) is 62.9 Å². The molecule has 2 aliphatic heterocycles. The Labute approximate surface area is 198 Å². The summed E-state index contributed by atoms with van der Waals surface area (Å²) >= 11 is 0. The number of carboxylic acids is 1. The Morgan fingerprint density at radius 1 is 1.09 bits per heavy atom. The molecule has 4 rings (SSSR count). The minimum absolute atomic E-state index is 0.181. The summed E-state index contributed by atoms with van der Waals surface area (Å²) in [6, 6.07) is 7.61. The molecular formula is C26H42N4O3. The number of nitrogens with zero attached hydrogens (tertiary/aromatic N) is 2. The first-order valence-corrected chi connectivity index (χ1v) is 12.6. The highest BCUT2D eigenvalue weighted by Crippen LogP contribution is 2.26. The van der Waals surface area contributed by atoms with Crippen LogP contribution in [0, 0.1) is 5.92 Å². The molecule has 7 nitrogen and oxygen atoms in total. The largest absolute Gasteiger partial charge is 0.493 e. The second-order valence-electron chi connectivity index (χ2n) is 9.85. The highest BCUT2D eigenvalue weighted by atomic mass is 16.5. The van der Waals surface area contributed by atoms with Gasteiger partial charge < -0.3 is 30.4 Å². The second-order valence-corrected chi connectivity index (χ2v) is 9.85. The van der Waals surface area contributed by atoms with Crippen molar-refractivity contribution in [1.82, 2.24) is 14.8 Å². The van der Waals surface area contributed by atoms with Crippen LogP contribution >= 0.6 is 0 Å². The predicted octanol–water partition coefficient (Wildman–Crippen LogP) is 4.19. The number of fused-ring (bicyclic) bond motifs is 1. The van der Waals surface area contributed by atoms with Gasteiger partial charge in [-0.25, -0.2) is 4.79 Å². The molecule has 1 aromatic carbocycles. The number of H-pyrrole nitrogens is 1. The van der Waals surface area contributed by atoms with Gasteiger partial charge in [0.25, 0.3) is 0 Å². The van der Waals surface area contributed by atoms with Crippen molar-refractivity contribution in [1.29, 1.82) is 0 Å². The van der Waals surface area contributed by atoms with E-state index in [9.17, 15) is 4.79 Å². The van der Waals surface area contributed by atoms with Gasteiger partial charge in [-0.3, -0.25) is 0 Å². The predicted molar refractivity (Wildman–Crippen MR) is 134 cm³/mol. The molecule has 0 atom stereocenters. The van der Waals surface area contributed by atoms with Crippen molar-refractivity contribution in [2.45, 2.75) is 58.4 Å². The van der Waals surface area contributed by atoms with Gasteiger partial charge in [0, 0.05) is 30.0 Å². The van der Waals surface area contributed by atoms with Crippen molar-refractivity contribution >= 4 is 16.9 Å². The maximum Gasteiger partial charge on any atom is 0.352 e. The Hall–Kier alpha value is -2.09. The molecule has 0 unspecified atom stereocenters. The van der Waals surface area contributed by atoms with E-state index in [1.54, 1.807) is 6.07 Å². The standard InChI is InChI=1S/C13H27N3.C13H15NO3/c14-13-5-9-16(10-6-13)12-11-15-7-3-1-2-4-8-15;1-8(2)7-17-12-5-3-4-10-9(12)6-11(14-10)13(15)16/h13H,1-12,14H2;3-6,8,14H,7H2,1-2H3,(H,15,16). The first kappa shape index (κ1) is 25.5. The van der Waals surface area contributed by atoms with Crippen LogP contribution in [0.2, 0.25) is 0 Å². The fourth-order valence-corrected chi connectivity index (χ4v) is 4.44. The normalized spacial score (nSPS) is 18.7. The Morgan fingerprint density at radius 3 is 2.33 bits per heavy atom. The number of carboxylic acid groups (broad SMARTS) is 1. The minimum Gasteiger partial charge on any atom is -0.493 e. The van der Waals surface area contributed by atoms with Crippen LogP contribution in [-0.2, 0) is 0 Å². The van der Waals surface area contributed by atoms with Gasteiger partial charge in [-0.1, -0.05) is 32.8 Å². The molecule has 4 N–H and O–H groups in total. The van der Waals surface area contributed by atoms with E-state index in [1.807, 2.05) is 18.2 Å². The average Bonchev–Trinajstić information content (AvgIpc) is 3.08. The van der Waals surface area contributed by atoms with Crippen molar-refractivity contribution in [2.75, 3.05) is 45.9 Å². The number of hydrogen-bond acceptors (Lipinski definition) is 5. The van der Waals surface area contributed by atoms with Gasteiger partial charge in [0.1, 0.15) is 11.4 Å². The third-order valence-corrected chi connectivity index (χ3v) is 6.49. The Bertz CT molecular complexity index is 850. The molecule has 7 heteroatoms. The molecule has 0 bridgehead atoms. The number of aromatic nitrogens is 1. The monoisotopic (exact) mass is 458 g/mol. The number of piperidine rings is 1. The molecule has 0 amide bonds. The number of nitrogens with two attached hydrogens (primary N) is 1. The van der Waals surface area contributed by atoms with Crippen LogP contribution in [0.25, 0.3) is 10.9 Å². The van der Waals surface area contributed by atoms with Gasteiger partial charge in [-0.2, -0.15) is 0 Å². The van der Waals surface area contributed by atoms with Crippen LogP contribution in [0.4, 0.5) is 0 Å². The Kier molecular flexibility index (Phi) is 10.0. The van der Waals surface area contributed by atoms with Gasteiger partial charge >= 0.3 is 5.97 Å². The quantitative estimate of drug-likeness (QED) is 0.576. The first-order chi connectivity index (χ1) is 15.9. The lowest BCUT2D eigenvalue weighted by Gasteiger charge is -2.32. The molecule has 2 saturated heterocycles. The van der Waals surface area contributed by atoms with Crippen LogP contribution in [-0.4, -0.2) is 77.8 Å². The van der Waals surface area contributed by atoms with E-state index in [0.717, 1.165) is 16.7 Å². The molecule has 2 aromatic rings. The minimum atomic E-state index is -0.962. The summed E-state index contributed by atoms with van der Waals surface area (Å²) in [5.74, 6) is 0.194. The molecule has 33 heavy (non-hydrogen) atoms. The van der Waals surface area contributed by atoms with Crippen LogP contribution < -0.4 is 10.5 Å². The zero-order valence-electron chi connectivity index (χ0n) is 20.4. The Morgan fingerprint density at radius 2 is 1.73 bits per heavy atom. The molecule has 184 valence electrons. The summed E-state index contributed by atoms with van der Waals surface area (Å²) < 4.78 is 5.66. The van der Waals surface area contributed by atoms with Crippen molar-refractivity contribution in [2.24, 2.45) is 11.7 Å². The van der Waals surface area contributed by atoms with Gasteiger partial charge in [0.15, 0.2) is 0 Å². The van der Waals surface area contributed by atoms with E-state index < -0.39 is 5.97 Å². The number of aromatic amines is 1. The summed E-state index contributed by atoms with van der Waals surface area (Å²) in [4.78, 5) is 19.0. The lowest BCUT2D eigenvalue weighted by atomic mass is 10.1. The molecule has 1 aromatic heterocycles. The van der Waals surface area contributed by atoms with E-state index in [2.05, 4.69) is 28.6 Å². The summed E-state index contributed by atoms with van der Waals surface area (Å²) in [6.07, 6.45) is 8.08. The zero-order valence-corrected chi connectivity index (χ0v) is 20.4. The number of rotatable bonds is 7. The van der Waals surface area contributed by atoms with Crippen molar-refractivity contribution < 1.29 is 14.6 Å². The number of carbonyl (C=O) groups is 1. The summed E-state index contributed by atoms with van der Waals surface area (Å²) in [5, 5.41) is 9.73. The SMILES string of the molecule is CC(C)COc1cccc2[nH]c(C(=O)O)cc12.NC1CCN(CCN2CCCCCC2)CC1. The van der Waals surface area contributed by atoms with E-state index in [-0.39, 0.29) is 5.69 Å². The zero-order chi connectivity index (χ0) is 23.6. The second kappa shape index (κ2) is 13.0. The van der Waals surface area contributed by atoms with E-state index in [4.69, 9.17) is 15.6 Å².